The summed E-state index contributed by atoms with van der Waals surface area (Å²) < 4.78 is 0. The van der Waals surface area contributed by atoms with Crippen molar-refractivity contribution in [1.29, 1.82) is 0 Å². The van der Waals surface area contributed by atoms with Gasteiger partial charge in [-0.15, -0.1) is 0 Å². The van der Waals surface area contributed by atoms with E-state index in [-0.39, 0.29) is 11.9 Å². The lowest BCUT2D eigenvalue weighted by atomic mass is 10.0. The molecule has 0 saturated carbocycles. The van der Waals surface area contributed by atoms with Gasteiger partial charge in [0.05, 0.1) is 6.10 Å². The second-order valence-corrected chi connectivity index (χ2v) is 6.75. The summed E-state index contributed by atoms with van der Waals surface area (Å²) in [4.78, 5) is 16.5. The molecule has 0 radical (unpaired) electrons. The van der Waals surface area contributed by atoms with E-state index in [0.29, 0.717) is 19.0 Å². The van der Waals surface area contributed by atoms with Crippen LogP contribution in [0.1, 0.15) is 27.2 Å². The minimum Gasteiger partial charge on any atom is -0.391 e. The van der Waals surface area contributed by atoms with Gasteiger partial charge in [-0.2, -0.15) is 0 Å². The van der Waals surface area contributed by atoms with Crippen LogP contribution in [0.25, 0.3) is 0 Å². The Morgan fingerprint density at radius 2 is 1.73 bits per heavy atom. The highest BCUT2D eigenvalue weighted by molar-refractivity contribution is 5.73. The zero-order valence-electron chi connectivity index (χ0n) is 14.6. The van der Waals surface area contributed by atoms with Crippen LogP contribution in [0.4, 0.5) is 4.79 Å². The van der Waals surface area contributed by atoms with Crippen molar-refractivity contribution in [3.05, 3.63) is 0 Å². The molecule has 1 rings (SSSR count). The maximum Gasteiger partial charge on any atom is 0.314 e. The van der Waals surface area contributed by atoms with Gasteiger partial charge in [-0.3, -0.25) is 0 Å². The number of likely N-dealkylation sites (N-methyl/N-ethyl adjacent to an activating group) is 1. The SMILES string of the molecule is CCC(C)C(O)CNC(=O)NCC(C)CN1CCN(C)CC1. The molecule has 3 N–H and O–H groups in total. The molecule has 22 heavy (non-hydrogen) atoms. The molecule has 1 aliphatic heterocycles. The van der Waals surface area contributed by atoms with E-state index in [9.17, 15) is 9.90 Å². The van der Waals surface area contributed by atoms with Crippen LogP contribution in [0.3, 0.4) is 0 Å². The Morgan fingerprint density at radius 1 is 1.14 bits per heavy atom. The van der Waals surface area contributed by atoms with E-state index in [0.717, 1.165) is 39.1 Å². The van der Waals surface area contributed by atoms with E-state index >= 15 is 0 Å². The van der Waals surface area contributed by atoms with Gasteiger partial charge in [0.2, 0.25) is 0 Å². The lowest BCUT2D eigenvalue weighted by Gasteiger charge is -2.33. The number of nitrogens with one attached hydrogen (secondary N) is 2. The van der Waals surface area contributed by atoms with Gasteiger partial charge < -0.3 is 25.5 Å². The van der Waals surface area contributed by atoms with Gasteiger partial charge in [-0.25, -0.2) is 4.79 Å². The Kier molecular flexibility index (Phi) is 8.75. The molecule has 0 aromatic heterocycles. The van der Waals surface area contributed by atoms with Crippen LogP contribution in [0.15, 0.2) is 0 Å². The highest BCUT2D eigenvalue weighted by atomic mass is 16.3. The van der Waals surface area contributed by atoms with Crippen molar-refractivity contribution in [1.82, 2.24) is 20.4 Å². The molecule has 0 spiro atoms. The Hall–Kier alpha value is -0.850. The summed E-state index contributed by atoms with van der Waals surface area (Å²) in [7, 11) is 2.15. The summed E-state index contributed by atoms with van der Waals surface area (Å²) in [6.45, 7) is 12.6. The standard InChI is InChI=1S/C16H34N4O2/c1-5-14(3)15(21)11-18-16(22)17-10-13(2)12-20-8-6-19(4)7-9-20/h13-15,21H,5-12H2,1-4H3,(H2,17,18,22). The highest BCUT2D eigenvalue weighted by Crippen LogP contribution is 2.06. The fourth-order valence-electron chi connectivity index (χ4n) is 2.54. The minimum atomic E-state index is -0.474. The van der Waals surface area contributed by atoms with Gasteiger partial charge in [0.25, 0.3) is 0 Å². The molecule has 0 aliphatic carbocycles. The van der Waals surface area contributed by atoms with Gasteiger partial charge in [0, 0.05) is 45.8 Å². The number of aliphatic hydroxyl groups excluding tert-OH is 1. The third kappa shape index (κ3) is 7.42. The second-order valence-electron chi connectivity index (χ2n) is 6.75. The smallest absolute Gasteiger partial charge is 0.314 e. The van der Waals surface area contributed by atoms with Gasteiger partial charge in [0.15, 0.2) is 0 Å². The molecule has 6 heteroatoms. The third-order valence-electron chi connectivity index (χ3n) is 4.55. The molecule has 130 valence electrons. The Morgan fingerprint density at radius 3 is 2.32 bits per heavy atom. The summed E-state index contributed by atoms with van der Waals surface area (Å²) in [5.41, 5.74) is 0. The van der Waals surface area contributed by atoms with E-state index in [1.54, 1.807) is 0 Å². The predicted molar refractivity (Wildman–Crippen MR) is 90.0 cm³/mol. The number of hydrogen-bond donors (Lipinski definition) is 3. The first-order chi connectivity index (χ1) is 10.4. The largest absolute Gasteiger partial charge is 0.391 e. The monoisotopic (exact) mass is 314 g/mol. The molecule has 6 nitrogen and oxygen atoms in total. The van der Waals surface area contributed by atoms with Gasteiger partial charge in [-0.05, 0) is 18.9 Å². The molecule has 1 fully saturated rings. The fourth-order valence-corrected chi connectivity index (χ4v) is 2.54. The number of rotatable bonds is 8. The summed E-state index contributed by atoms with van der Waals surface area (Å²) in [6, 6.07) is -0.187. The van der Waals surface area contributed by atoms with Crippen LogP contribution in [0.5, 0.6) is 0 Å². The van der Waals surface area contributed by atoms with E-state index in [2.05, 4.69) is 34.4 Å². The molecule has 0 bridgehead atoms. The zero-order valence-corrected chi connectivity index (χ0v) is 14.6. The number of amides is 2. The van der Waals surface area contributed by atoms with Gasteiger partial charge >= 0.3 is 6.03 Å². The van der Waals surface area contributed by atoms with E-state index < -0.39 is 6.10 Å². The van der Waals surface area contributed by atoms with Crippen LogP contribution >= 0.6 is 0 Å². The predicted octanol–water partition coefficient (Wildman–Crippen LogP) is 0.576. The van der Waals surface area contributed by atoms with Crippen LogP contribution in [0, 0.1) is 11.8 Å². The van der Waals surface area contributed by atoms with E-state index in [1.165, 1.54) is 0 Å². The summed E-state index contributed by atoms with van der Waals surface area (Å²) >= 11 is 0. The molecular formula is C16H34N4O2. The van der Waals surface area contributed by atoms with E-state index in [4.69, 9.17) is 0 Å². The summed E-state index contributed by atoms with van der Waals surface area (Å²) in [5.74, 6) is 0.630. The molecule has 1 aliphatic rings. The fraction of sp³-hybridized carbons (Fsp3) is 0.938. The van der Waals surface area contributed by atoms with Crippen molar-refractivity contribution >= 4 is 6.03 Å². The number of nitrogens with zero attached hydrogens (tertiary/aromatic N) is 2. The minimum absolute atomic E-state index is 0.187. The van der Waals surface area contributed by atoms with Crippen LogP contribution in [0.2, 0.25) is 0 Å². The van der Waals surface area contributed by atoms with Crippen LogP contribution in [-0.2, 0) is 0 Å². The Labute approximate surface area is 135 Å². The lowest BCUT2D eigenvalue weighted by molar-refractivity contribution is 0.114. The summed E-state index contributed by atoms with van der Waals surface area (Å²) in [6.07, 6.45) is 0.436. The quantitative estimate of drug-likeness (QED) is 0.613. The highest BCUT2D eigenvalue weighted by Gasteiger charge is 2.17. The van der Waals surface area contributed by atoms with Crippen molar-refractivity contribution in [3.63, 3.8) is 0 Å². The molecule has 0 aromatic rings. The van der Waals surface area contributed by atoms with Crippen LogP contribution < -0.4 is 10.6 Å². The lowest BCUT2D eigenvalue weighted by Crippen LogP contribution is -2.48. The number of carbonyl (C=O) groups is 1. The second kappa shape index (κ2) is 10.0. The van der Waals surface area contributed by atoms with Crippen molar-refractivity contribution < 1.29 is 9.90 Å². The Bertz CT molecular complexity index is 319. The molecule has 0 aromatic carbocycles. The third-order valence-corrected chi connectivity index (χ3v) is 4.55. The van der Waals surface area contributed by atoms with Gasteiger partial charge in [0.1, 0.15) is 0 Å². The molecule has 1 saturated heterocycles. The normalized spacial score (nSPS) is 21.1. The van der Waals surface area contributed by atoms with Crippen molar-refractivity contribution in [2.75, 3.05) is 52.9 Å². The first-order valence-electron chi connectivity index (χ1n) is 8.53. The first-order valence-corrected chi connectivity index (χ1v) is 8.53. The molecular weight excluding hydrogens is 280 g/mol. The molecule has 3 atom stereocenters. The molecule has 2 amide bonds. The number of piperazine rings is 1. The van der Waals surface area contributed by atoms with Crippen molar-refractivity contribution in [2.45, 2.75) is 33.3 Å². The molecule has 3 unspecified atom stereocenters. The first kappa shape index (κ1) is 19.2. The zero-order chi connectivity index (χ0) is 16.5. The number of urea groups is 1. The summed E-state index contributed by atoms with van der Waals surface area (Å²) in [5, 5.41) is 15.5. The number of carbonyl (C=O) groups excluding carboxylic acids is 1. The number of aliphatic hydroxyl groups is 1. The van der Waals surface area contributed by atoms with Crippen LogP contribution in [-0.4, -0.2) is 79.9 Å². The average molecular weight is 314 g/mol. The average Bonchev–Trinajstić information content (AvgIpc) is 2.52. The maximum atomic E-state index is 11.7. The number of hydrogen-bond acceptors (Lipinski definition) is 4. The van der Waals surface area contributed by atoms with Gasteiger partial charge in [-0.1, -0.05) is 27.2 Å². The van der Waals surface area contributed by atoms with Crippen molar-refractivity contribution in [2.24, 2.45) is 11.8 Å². The Balaban J connectivity index is 2.12. The van der Waals surface area contributed by atoms with Crippen molar-refractivity contribution in [3.8, 4) is 0 Å². The van der Waals surface area contributed by atoms with E-state index in [1.807, 2.05) is 13.8 Å². The topological polar surface area (TPSA) is 67.8 Å². The maximum absolute atomic E-state index is 11.7. The molecule has 1 heterocycles.